The van der Waals surface area contributed by atoms with Gasteiger partial charge in [0, 0.05) is 22.2 Å². The van der Waals surface area contributed by atoms with Crippen molar-refractivity contribution in [3.8, 4) is 34.1 Å². The molecule has 6 nitrogen and oxygen atoms in total. The Hall–Kier alpha value is -2.95. The molecular formula is C26H21B2BrCl2F2O6. The normalized spacial score (nSPS) is 9.67. The molecule has 0 heterocycles. The van der Waals surface area contributed by atoms with Crippen LogP contribution in [0.15, 0.2) is 83.3 Å². The Kier molecular flexibility index (Phi) is 14.0. The van der Waals surface area contributed by atoms with Crippen LogP contribution in [0.1, 0.15) is 0 Å². The zero-order valence-electron chi connectivity index (χ0n) is 20.6. The van der Waals surface area contributed by atoms with Gasteiger partial charge in [-0.25, -0.2) is 8.78 Å². The van der Waals surface area contributed by atoms with Gasteiger partial charge in [-0.1, -0.05) is 41.4 Å². The molecule has 2 radical (unpaired) electrons. The highest BCUT2D eigenvalue weighted by Crippen LogP contribution is 2.38. The number of halogens is 5. The molecule has 202 valence electrons. The largest absolute Gasteiger partial charge is 0.569 e. The second kappa shape index (κ2) is 16.9. The van der Waals surface area contributed by atoms with Crippen molar-refractivity contribution < 1.29 is 37.6 Å². The van der Waals surface area contributed by atoms with E-state index in [9.17, 15) is 8.78 Å². The van der Waals surface area contributed by atoms with E-state index in [1.54, 1.807) is 31.4 Å². The van der Waals surface area contributed by atoms with Crippen molar-refractivity contribution in [1.29, 1.82) is 0 Å². The van der Waals surface area contributed by atoms with Crippen LogP contribution >= 0.6 is 39.1 Å². The second-order valence-electron chi connectivity index (χ2n) is 7.18. The molecule has 2 N–H and O–H groups in total. The third kappa shape index (κ3) is 10.6. The van der Waals surface area contributed by atoms with E-state index in [1.807, 2.05) is 12.1 Å². The number of hydrogen-bond donors (Lipinski definition) is 2. The molecule has 0 spiro atoms. The Bertz CT molecular complexity index is 1350. The molecule has 4 aromatic rings. The van der Waals surface area contributed by atoms with E-state index in [1.165, 1.54) is 49.6 Å². The number of rotatable bonds is 7. The average Bonchev–Trinajstić information content (AvgIpc) is 2.91. The van der Waals surface area contributed by atoms with E-state index in [0.29, 0.717) is 42.3 Å². The fourth-order valence-corrected chi connectivity index (χ4v) is 3.66. The van der Waals surface area contributed by atoms with Gasteiger partial charge in [0.25, 0.3) is 0 Å². The molecule has 0 aromatic heterocycles. The van der Waals surface area contributed by atoms with Crippen LogP contribution in [-0.2, 0) is 0 Å². The summed E-state index contributed by atoms with van der Waals surface area (Å²) in [4.78, 5) is 0. The summed E-state index contributed by atoms with van der Waals surface area (Å²) in [7, 11) is 4.13. The minimum atomic E-state index is -0.389. The first-order valence-corrected chi connectivity index (χ1v) is 12.4. The van der Waals surface area contributed by atoms with Crippen LogP contribution in [0.25, 0.3) is 11.1 Å². The Morgan fingerprint density at radius 3 is 1.92 bits per heavy atom. The third-order valence-corrected chi connectivity index (χ3v) is 6.21. The molecule has 4 aromatic carbocycles. The van der Waals surface area contributed by atoms with E-state index in [0.717, 1.165) is 10.2 Å². The van der Waals surface area contributed by atoms with Gasteiger partial charge in [0.15, 0.2) is 5.75 Å². The van der Waals surface area contributed by atoms with Crippen molar-refractivity contribution in [2.24, 2.45) is 0 Å². The van der Waals surface area contributed by atoms with E-state index in [4.69, 9.17) is 47.4 Å². The van der Waals surface area contributed by atoms with Gasteiger partial charge in [0.1, 0.15) is 28.9 Å². The van der Waals surface area contributed by atoms with Crippen LogP contribution in [-0.4, -0.2) is 39.6 Å². The Morgan fingerprint density at radius 1 is 0.692 bits per heavy atom. The minimum absolute atomic E-state index is 0.273. The quantitative estimate of drug-likeness (QED) is 0.214. The van der Waals surface area contributed by atoms with Gasteiger partial charge in [-0.3, -0.25) is 0 Å². The lowest BCUT2D eigenvalue weighted by molar-refractivity contribution is 0.382. The Balaban J connectivity index is 0.000000225. The standard InChI is InChI=1S/C13H10BClFO3.C7H6BrClO.C6H5BFO2/c1-18-12-6-10(8-3-2-4-9(16)5-8)11(15)7-13(12)19-14-17;1-10-5-2-3-7(9)6(8)4-5;8-5-2-1-3-6(4-5)10-7-9/h2-7,17H,1H3;2-4H,1H3;1-4,9H. The lowest BCUT2D eigenvalue weighted by atomic mass is 10.0. The predicted molar refractivity (Wildman–Crippen MR) is 153 cm³/mol. The highest BCUT2D eigenvalue weighted by molar-refractivity contribution is 9.10. The van der Waals surface area contributed by atoms with Crippen molar-refractivity contribution in [3.05, 3.63) is 105 Å². The van der Waals surface area contributed by atoms with Crippen LogP contribution in [0, 0.1) is 11.6 Å². The summed E-state index contributed by atoms with van der Waals surface area (Å²) in [5, 5.41) is 17.9. The maximum absolute atomic E-state index is 13.2. The summed E-state index contributed by atoms with van der Waals surface area (Å²) in [6.07, 6.45) is 0. The van der Waals surface area contributed by atoms with E-state index in [-0.39, 0.29) is 23.1 Å². The third-order valence-electron chi connectivity index (χ3n) is 4.68. The van der Waals surface area contributed by atoms with Crippen molar-refractivity contribution in [1.82, 2.24) is 0 Å². The topological polar surface area (TPSA) is 77.4 Å². The van der Waals surface area contributed by atoms with E-state index in [2.05, 4.69) is 20.6 Å². The summed E-state index contributed by atoms with van der Waals surface area (Å²) < 4.78 is 45.8. The molecule has 4 rings (SSSR count). The molecule has 0 saturated heterocycles. The SMILES string of the molecule is COc1cc(-c2cccc(F)c2)c(Cl)cc1O[B]O.COc1ccc(Cl)c(Br)c1.O[B]Oc1cccc(F)c1. The molecule has 0 fully saturated rings. The van der Waals surface area contributed by atoms with Crippen LogP contribution in [0.5, 0.6) is 23.0 Å². The second-order valence-corrected chi connectivity index (χ2v) is 8.85. The molecule has 0 amide bonds. The van der Waals surface area contributed by atoms with Crippen molar-refractivity contribution >= 4 is 54.5 Å². The fraction of sp³-hybridized carbons (Fsp3) is 0.0769. The maximum Gasteiger partial charge on any atom is 0.569 e. The monoisotopic (exact) mass is 638 g/mol. The molecule has 0 aliphatic carbocycles. The first-order valence-electron chi connectivity index (χ1n) is 10.9. The summed E-state index contributed by atoms with van der Waals surface area (Å²) in [5.74, 6) is 0.999. The molecule has 0 bridgehead atoms. The average molecular weight is 640 g/mol. The number of hydrogen-bond acceptors (Lipinski definition) is 6. The van der Waals surface area contributed by atoms with Crippen molar-refractivity contribution in [2.75, 3.05) is 14.2 Å². The lowest BCUT2D eigenvalue weighted by Crippen LogP contribution is -2.02. The zero-order chi connectivity index (χ0) is 28.8. The first kappa shape index (κ1) is 32.3. The number of ether oxygens (including phenoxy) is 2. The lowest BCUT2D eigenvalue weighted by Gasteiger charge is -2.12. The van der Waals surface area contributed by atoms with Crippen molar-refractivity contribution in [2.45, 2.75) is 0 Å². The van der Waals surface area contributed by atoms with Gasteiger partial charge in [-0.15, -0.1) is 0 Å². The van der Waals surface area contributed by atoms with Crippen LogP contribution in [0.2, 0.25) is 10.0 Å². The summed E-state index contributed by atoms with van der Waals surface area (Å²) in [5.41, 5.74) is 1.24. The zero-order valence-corrected chi connectivity index (χ0v) is 23.7. The summed E-state index contributed by atoms with van der Waals surface area (Å²) >= 11 is 15.1. The van der Waals surface area contributed by atoms with Gasteiger partial charge in [-0.2, -0.15) is 0 Å². The van der Waals surface area contributed by atoms with Crippen LogP contribution in [0.3, 0.4) is 0 Å². The molecule has 0 aliphatic heterocycles. The molecule has 0 aliphatic rings. The van der Waals surface area contributed by atoms with Crippen molar-refractivity contribution in [3.63, 3.8) is 0 Å². The molecular weight excluding hydrogens is 619 g/mol. The Labute approximate surface area is 244 Å². The van der Waals surface area contributed by atoms with E-state index < -0.39 is 0 Å². The fourth-order valence-electron chi connectivity index (χ4n) is 2.93. The number of benzene rings is 4. The summed E-state index contributed by atoms with van der Waals surface area (Å²) in [6.45, 7) is 0. The predicted octanol–water partition coefficient (Wildman–Crippen LogP) is 6.90. The number of methoxy groups -OCH3 is 2. The summed E-state index contributed by atoms with van der Waals surface area (Å²) in [6, 6.07) is 20.1. The van der Waals surface area contributed by atoms with Gasteiger partial charge < -0.3 is 28.8 Å². The van der Waals surface area contributed by atoms with Crippen LogP contribution in [0.4, 0.5) is 8.78 Å². The molecule has 0 unspecified atom stereocenters. The van der Waals surface area contributed by atoms with Gasteiger partial charge in [0.05, 0.1) is 24.3 Å². The first-order chi connectivity index (χ1) is 18.7. The molecule has 39 heavy (non-hydrogen) atoms. The van der Waals surface area contributed by atoms with Gasteiger partial charge in [0.2, 0.25) is 0 Å². The molecule has 0 saturated carbocycles. The minimum Gasteiger partial charge on any atom is -0.537 e. The highest BCUT2D eigenvalue weighted by Gasteiger charge is 2.12. The Morgan fingerprint density at radius 2 is 1.36 bits per heavy atom. The maximum atomic E-state index is 13.2. The van der Waals surface area contributed by atoms with Gasteiger partial charge in [-0.05, 0) is 70.0 Å². The van der Waals surface area contributed by atoms with Gasteiger partial charge >= 0.3 is 15.4 Å². The highest BCUT2D eigenvalue weighted by atomic mass is 79.9. The smallest absolute Gasteiger partial charge is 0.537 e. The van der Waals surface area contributed by atoms with Crippen LogP contribution < -0.4 is 18.8 Å². The molecule has 0 atom stereocenters. The molecule has 13 heteroatoms. The van der Waals surface area contributed by atoms with E-state index >= 15 is 0 Å².